The van der Waals surface area contributed by atoms with Gasteiger partial charge >= 0.3 is 0 Å². The molecule has 0 rings (SSSR count). The van der Waals surface area contributed by atoms with Crippen molar-refractivity contribution in [2.24, 2.45) is 0 Å². The standard InChI is InChI=1S/C6H11N3/c1-8-4-3-6(5-7)9-2/h3-4,6,8-9H,1-2H3/b4-3-. The molecule has 1 unspecified atom stereocenters. The highest BCUT2D eigenvalue weighted by molar-refractivity contribution is 5.04. The van der Waals surface area contributed by atoms with Crippen molar-refractivity contribution in [3.8, 4) is 6.07 Å². The van der Waals surface area contributed by atoms with E-state index in [0.717, 1.165) is 0 Å². The minimum Gasteiger partial charge on any atom is -0.394 e. The molecule has 0 saturated heterocycles. The van der Waals surface area contributed by atoms with Crippen molar-refractivity contribution in [3.63, 3.8) is 0 Å². The van der Waals surface area contributed by atoms with Gasteiger partial charge in [-0.2, -0.15) is 5.26 Å². The average molecular weight is 125 g/mol. The van der Waals surface area contributed by atoms with Gasteiger partial charge in [0.2, 0.25) is 0 Å². The van der Waals surface area contributed by atoms with Crippen molar-refractivity contribution in [2.45, 2.75) is 6.04 Å². The fourth-order valence-corrected chi connectivity index (χ4v) is 0.396. The summed E-state index contributed by atoms with van der Waals surface area (Å²) in [6.07, 6.45) is 3.48. The van der Waals surface area contributed by atoms with Crippen LogP contribution in [0.15, 0.2) is 12.3 Å². The fraction of sp³-hybridized carbons (Fsp3) is 0.500. The first-order valence-corrected chi connectivity index (χ1v) is 2.76. The van der Waals surface area contributed by atoms with Crippen LogP contribution >= 0.6 is 0 Å². The molecule has 2 N–H and O–H groups in total. The van der Waals surface area contributed by atoms with Crippen LogP contribution in [0, 0.1) is 11.3 Å². The Bertz CT molecular complexity index is 123. The van der Waals surface area contributed by atoms with Gasteiger partial charge in [0.25, 0.3) is 0 Å². The van der Waals surface area contributed by atoms with Gasteiger partial charge in [-0.25, -0.2) is 0 Å². The summed E-state index contributed by atoms with van der Waals surface area (Å²) < 4.78 is 0. The Hall–Kier alpha value is -1.01. The monoisotopic (exact) mass is 125 g/mol. The molecule has 0 aromatic rings. The highest BCUT2D eigenvalue weighted by Crippen LogP contribution is 1.78. The lowest BCUT2D eigenvalue weighted by Crippen LogP contribution is -2.20. The minimum atomic E-state index is -0.183. The third-order valence-corrected chi connectivity index (χ3v) is 0.905. The summed E-state index contributed by atoms with van der Waals surface area (Å²) in [6, 6.07) is 1.87. The summed E-state index contributed by atoms with van der Waals surface area (Å²) in [5.74, 6) is 0. The Kier molecular flexibility index (Phi) is 4.56. The number of nitrogens with one attached hydrogen (secondary N) is 2. The van der Waals surface area contributed by atoms with Crippen molar-refractivity contribution < 1.29 is 0 Å². The Balaban J connectivity index is 3.58. The molecule has 0 aliphatic heterocycles. The number of likely N-dealkylation sites (N-methyl/N-ethyl adjacent to an activating group) is 1. The van der Waals surface area contributed by atoms with E-state index in [1.165, 1.54) is 0 Å². The van der Waals surface area contributed by atoms with Crippen LogP contribution in [0.1, 0.15) is 0 Å². The van der Waals surface area contributed by atoms with Crippen LogP contribution in [0.2, 0.25) is 0 Å². The molecule has 0 aliphatic carbocycles. The molecule has 0 fully saturated rings. The van der Waals surface area contributed by atoms with Crippen molar-refractivity contribution in [3.05, 3.63) is 12.3 Å². The number of rotatable bonds is 3. The Morgan fingerprint density at radius 1 is 1.56 bits per heavy atom. The smallest absolute Gasteiger partial charge is 0.115 e. The van der Waals surface area contributed by atoms with E-state index in [9.17, 15) is 0 Å². The second-order valence-electron chi connectivity index (χ2n) is 1.54. The fourth-order valence-electron chi connectivity index (χ4n) is 0.396. The maximum atomic E-state index is 8.36. The highest BCUT2D eigenvalue weighted by atomic mass is 14.9. The van der Waals surface area contributed by atoms with Crippen LogP contribution in [0.25, 0.3) is 0 Å². The topological polar surface area (TPSA) is 47.9 Å². The summed E-state index contributed by atoms with van der Waals surface area (Å²) >= 11 is 0. The quantitative estimate of drug-likeness (QED) is 0.550. The van der Waals surface area contributed by atoms with Gasteiger partial charge in [0.1, 0.15) is 6.04 Å². The lowest BCUT2D eigenvalue weighted by molar-refractivity contribution is 0.796. The van der Waals surface area contributed by atoms with Gasteiger partial charge < -0.3 is 10.6 Å². The average Bonchev–Trinajstić information content (AvgIpc) is 1.91. The predicted octanol–water partition coefficient (Wildman–Crippen LogP) is -0.169. The number of hydrogen-bond acceptors (Lipinski definition) is 3. The van der Waals surface area contributed by atoms with Crippen LogP contribution in [-0.2, 0) is 0 Å². The molecule has 0 heterocycles. The van der Waals surface area contributed by atoms with E-state index in [1.807, 2.05) is 6.07 Å². The number of nitriles is 1. The normalized spacial score (nSPS) is 13.0. The first-order valence-electron chi connectivity index (χ1n) is 2.76. The molecule has 0 aliphatic rings. The molecule has 0 saturated carbocycles. The van der Waals surface area contributed by atoms with Crippen molar-refractivity contribution >= 4 is 0 Å². The van der Waals surface area contributed by atoms with E-state index >= 15 is 0 Å². The van der Waals surface area contributed by atoms with Crippen molar-refractivity contribution in [1.82, 2.24) is 10.6 Å². The Morgan fingerprint density at radius 2 is 2.22 bits per heavy atom. The number of hydrogen-bond donors (Lipinski definition) is 2. The molecule has 50 valence electrons. The van der Waals surface area contributed by atoms with Gasteiger partial charge in [0.05, 0.1) is 6.07 Å². The second-order valence-corrected chi connectivity index (χ2v) is 1.54. The van der Waals surface area contributed by atoms with Crippen LogP contribution in [0.3, 0.4) is 0 Å². The van der Waals surface area contributed by atoms with E-state index in [0.29, 0.717) is 0 Å². The van der Waals surface area contributed by atoms with Gasteiger partial charge in [0, 0.05) is 7.05 Å². The van der Waals surface area contributed by atoms with Crippen molar-refractivity contribution in [1.29, 1.82) is 5.26 Å². The van der Waals surface area contributed by atoms with Crippen LogP contribution < -0.4 is 10.6 Å². The molecule has 3 heteroatoms. The lowest BCUT2D eigenvalue weighted by atomic mass is 10.3. The summed E-state index contributed by atoms with van der Waals surface area (Å²) in [5.41, 5.74) is 0. The van der Waals surface area contributed by atoms with Gasteiger partial charge in [-0.15, -0.1) is 0 Å². The molecular weight excluding hydrogens is 114 g/mol. The van der Waals surface area contributed by atoms with Gasteiger partial charge in [-0.3, -0.25) is 0 Å². The minimum absolute atomic E-state index is 0.183. The van der Waals surface area contributed by atoms with Crippen LogP contribution in [-0.4, -0.2) is 20.1 Å². The third-order valence-electron chi connectivity index (χ3n) is 0.905. The predicted molar refractivity (Wildman–Crippen MR) is 36.7 cm³/mol. The molecule has 9 heavy (non-hydrogen) atoms. The molecular formula is C6H11N3. The first-order chi connectivity index (χ1) is 4.35. The van der Waals surface area contributed by atoms with Gasteiger partial charge in [-0.1, -0.05) is 0 Å². The SMILES string of the molecule is CN/C=C\C(C#N)NC. The summed E-state index contributed by atoms with van der Waals surface area (Å²) in [5, 5.41) is 14.0. The van der Waals surface area contributed by atoms with E-state index in [2.05, 4.69) is 10.6 Å². The molecule has 0 aromatic carbocycles. The maximum Gasteiger partial charge on any atom is 0.115 e. The largest absolute Gasteiger partial charge is 0.394 e. The van der Waals surface area contributed by atoms with E-state index in [1.54, 1.807) is 26.4 Å². The van der Waals surface area contributed by atoms with E-state index in [4.69, 9.17) is 5.26 Å². The maximum absolute atomic E-state index is 8.36. The summed E-state index contributed by atoms with van der Waals surface area (Å²) in [7, 11) is 3.54. The molecule has 1 atom stereocenters. The second kappa shape index (κ2) is 5.13. The van der Waals surface area contributed by atoms with Crippen LogP contribution in [0.5, 0.6) is 0 Å². The Morgan fingerprint density at radius 3 is 2.56 bits per heavy atom. The highest BCUT2D eigenvalue weighted by Gasteiger charge is 1.93. The number of nitrogens with zero attached hydrogens (tertiary/aromatic N) is 1. The molecule has 0 aromatic heterocycles. The van der Waals surface area contributed by atoms with Crippen LogP contribution in [0.4, 0.5) is 0 Å². The molecule has 0 spiro atoms. The molecule has 3 nitrogen and oxygen atoms in total. The molecule has 0 radical (unpaired) electrons. The molecule has 0 bridgehead atoms. The zero-order valence-electron chi connectivity index (χ0n) is 5.68. The van der Waals surface area contributed by atoms with E-state index < -0.39 is 0 Å². The third kappa shape index (κ3) is 3.56. The zero-order valence-corrected chi connectivity index (χ0v) is 5.68. The summed E-state index contributed by atoms with van der Waals surface area (Å²) in [6.45, 7) is 0. The zero-order chi connectivity index (χ0) is 7.11. The van der Waals surface area contributed by atoms with Gasteiger partial charge in [-0.05, 0) is 19.3 Å². The summed E-state index contributed by atoms with van der Waals surface area (Å²) in [4.78, 5) is 0. The first kappa shape index (κ1) is 7.99. The lowest BCUT2D eigenvalue weighted by Gasteiger charge is -1.97. The van der Waals surface area contributed by atoms with Gasteiger partial charge in [0.15, 0.2) is 0 Å². The van der Waals surface area contributed by atoms with E-state index in [-0.39, 0.29) is 6.04 Å². The Labute approximate surface area is 55.4 Å². The molecule has 0 amide bonds. The van der Waals surface area contributed by atoms with Crippen molar-refractivity contribution in [2.75, 3.05) is 14.1 Å².